The van der Waals surface area contributed by atoms with Gasteiger partial charge in [0.2, 0.25) is 0 Å². The fourth-order valence-electron chi connectivity index (χ4n) is 2.89. The van der Waals surface area contributed by atoms with Crippen molar-refractivity contribution in [3.8, 4) is 17.1 Å². The monoisotopic (exact) mass is 392 g/mol. The summed E-state index contributed by atoms with van der Waals surface area (Å²) >= 11 is 1.52. The molecule has 0 spiro atoms. The number of aryl methyl sites for hydroxylation is 2. The van der Waals surface area contributed by atoms with Crippen LogP contribution in [-0.2, 0) is 0 Å². The second kappa shape index (κ2) is 7.90. The fraction of sp³-hybridized carbons (Fsp3) is 0.190. The number of H-pyrrole nitrogens is 1. The lowest BCUT2D eigenvalue weighted by Crippen LogP contribution is -2.07. The zero-order valence-electron chi connectivity index (χ0n) is 15.7. The van der Waals surface area contributed by atoms with Crippen molar-refractivity contribution in [2.24, 2.45) is 0 Å². The van der Waals surface area contributed by atoms with Crippen molar-refractivity contribution in [1.82, 2.24) is 19.6 Å². The number of benzene rings is 2. The number of fused-ring (bicyclic) bond motifs is 1. The van der Waals surface area contributed by atoms with Crippen LogP contribution >= 0.6 is 11.8 Å². The number of hydrogen-bond donors (Lipinski definition) is 1. The number of nitrogens with one attached hydrogen (secondary N) is 1. The largest absolute Gasteiger partial charge is 0.493 e. The van der Waals surface area contributed by atoms with Gasteiger partial charge in [-0.2, -0.15) is 0 Å². The van der Waals surface area contributed by atoms with Crippen LogP contribution in [0.1, 0.15) is 11.1 Å². The number of aromatic amines is 1. The fourth-order valence-corrected chi connectivity index (χ4v) is 3.66. The Hall–Kier alpha value is -3.06. The molecular formula is C21H20N4O2S. The molecule has 0 atom stereocenters. The van der Waals surface area contributed by atoms with Crippen molar-refractivity contribution in [2.75, 3.05) is 12.4 Å². The van der Waals surface area contributed by atoms with Crippen LogP contribution in [0.3, 0.4) is 0 Å². The maximum absolute atomic E-state index is 11.8. The smallest absolute Gasteiger partial charge is 0.266 e. The number of ether oxygens (including phenoxy) is 1. The number of nitrogens with zero attached hydrogens (tertiary/aromatic N) is 3. The summed E-state index contributed by atoms with van der Waals surface area (Å²) in [7, 11) is 0. The molecule has 28 heavy (non-hydrogen) atoms. The van der Waals surface area contributed by atoms with E-state index >= 15 is 0 Å². The van der Waals surface area contributed by atoms with Gasteiger partial charge in [0, 0.05) is 17.4 Å². The van der Waals surface area contributed by atoms with Gasteiger partial charge in [0.1, 0.15) is 5.75 Å². The molecule has 4 aromatic rings. The van der Waals surface area contributed by atoms with Gasteiger partial charge in [0.25, 0.3) is 5.56 Å². The highest BCUT2D eigenvalue weighted by atomic mass is 32.2. The molecule has 6 nitrogen and oxygen atoms in total. The second-order valence-electron chi connectivity index (χ2n) is 6.53. The van der Waals surface area contributed by atoms with Gasteiger partial charge in [-0.05, 0) is 37.6 Å². The molecule has 0 fully saturated rings. The van der Waals surface area contributed by atoms with Crippen LogP contribution in [0.15, 0.2) is 64.5 Å². The zero-order valence-corrected chi connectivity index (χ0v) is 16.5. The zero-order chi connectivity index (χ0) is 19.5. The minimum Gasteiger partial charge on any atom is -0.493 e. The van der Waals surface area contributed by atoms with Crippen LogP contribution in [-0.4, -0.2) is 31.9 Å². The van der Waals surface area contributed by atoms with Crippen LogP contribution in [0.2, 0.25) is 0 Å². The molecule has 7 heteroatoms. The molecule has 2 heterocycles. The van der Waals surface area contributed by atoms with Crippen molar-refractivity contribution >= 4 is 17.4 Å². The molecule has 2 aromatic carbocycles. The summed E-state index contributed by atoms with van der Waals surface area (Å²) in [6, 6.07) is 17.5. The first-order chi connectivity index (χ1) is 13.6. The Bertz CT molecular complexity index is 1180. The Balaban J connectivity index is 1.56. The minimum atomic E-state index is -0.200. The lowest BCUT2D eigenvalue weighted by atomic mass is 10.1. The van der Waals surface area contributed by atoms with Gasteiger partial charge >= 0.3 is 0 Å². The number of rotatable bonds is 6. The maximum Gasteiger partial charge on any atom is 0.266 e. The highest BCUT2D eigenvalue weighted by Crippen LogP contribution is 2.22. The molecular weight excluding hydrogens is 372 g/mol. The number of hydrogen-bond acceptors (Lipinski definition) is 5. The van der Waals surface area contributed by atoms with Crippen molar-refractivity contribution < 1.29 is 4.74 Å². The predicted octanol–water partition coefficient (Wildman–Crippen LogP) is 3.87. The molecule has 0 saturated heterocycles. The van der Waals surface area contributed by atoms with Crippen LogP contribution in [0.25, 0.3) is 17.0 Å². The Morgan fingerprint density at radius 2 is 1.82 bits per heavy atom. The Morgan fingerprint density at radius 3 is 2.61 bits per heavy atom. The second-order valence-corrected chi connectivity index (χ2v) is 7.59. The Kier molecular flexibility index (Phi) is 5.16. The highest BCUT2D eigenvalue weighted by molar-refractivity contribution is 7.99. The van der Waals surface area contributed by atoms with E-state index in [1.807, 2.05) is 62.4 Å². The van der Waals surface area contributed by atoms with Gasteiger partial charge < -0.3 is 4.74 Å². The molecule has 0 radical (unpaired) electrons. The number of thioether (sulfide) groups is 1. The van der Waals surface area contributed by atoms with Gasteiger partial charge in [-0.15, -0.1) is 0 Å². The topological polar surface area (TPSA) is 72.3 Å². The van der Waals surface area contributed by atoms with Crippen LogP contribution in [0.5, 0.6) is 5.75 Å². The Labute approximate surface area is 166 Å². The van der Waals surface area contributed by atoms with Crippen molar-refractivity contribution in [3.05, 3.63) is 76.1 Å². The molecule has 0 aliphatic heterocycles. The summed E-state index contributed by atoms with van der Waals surface area (Å²) in [4.78, 5) is 21.0. The summed E-state index contributed by atoms with van der Waals surface area (Å²) in [5.74, 6) is 2.14. The summed E-state index contributed by atoms with van der Waals surface area (Å²) in [5, 5.41) is 3.43. The molecule has 0 amide bonds. The van der Waals surface area contributed by atoms with E-state index in [0.29, 0.717) is 29.0 Å². The summed E-state index contributed by atoms with van der Waals surface area (Å²) in [5.41, 5.74) is 3.57. The quantitative estimate of drug-likeness (QED) is 0.398. The van der Waals surface area contributed by atoms with Gasteiger partial charge in [0.15, 0.2) is 16.6 Å². The normalized spacial score (nSPS) is 11.1. The third-order valence-electron chi connectivity index (χ3n) is 4.17. The molecule has 0 bridgehead atoms. The summed E-state index contributed by atoms with van der Waals surface area (Å²) < 4.78 is 7.43. The van der Waals surface area contributed by atoms with Gasteiger partial charge in [-0.3, -0.25) is 9.89 Å². The SMILES string of the molecule is Cc1cccc(OCCSc2nc(-c3cccc(C)c3)nc3cc(=O)[nH]n23)c1. The lowest BCUT2D eigenvalue weighted by Gasteiger charge is -2.09. The molecule has 0 saturated carbocycles. The average Bonchev–Trinajstić information content (AvgIpc) is 3.05. The van der Waals surface area contributed by atoms with Crippen molar-refractivity contribution in [2.45, 2.75) is 19.0 Å². The minimum absolute atomic E-state index is 0.200. The van der Waals surface area contributed by atoms with E-state index < -0.39 is 0 Å². The van der Waals surface area contributed by atoms with Gasteiger partial charge in [0.05, 0.1) is 6.61 Å². The van der Waals surface area contributed by atoms with E-state index in [-0.39, 0.29) is 5.56 Å². The third kappa shape index (κ3) is 4.09. The van der Waals surface area contributed by atoms with E-state index in [9.17, 15) is 4.79 Å². The molecule has 0 aliphatic rings. The molecule has 1 N–H and O–H groups in total. The van der Waals surface area contributed by atoms with E-state index in [4.69, 9.17) is 4.74 Å². The van der Waals surface area contributed by atoms with Crippen LogP contribution in [0.4, 0.5) is 0 Å². The first-order valence-electron chi connectivity index (χ1n) is 8.98. The maximum atomic E-state index is 11.8. The number of aromatic nitrogens is 4. The van der Waals surface area contributed by atoms with Gasteiger partial charge in [-0.1, -0.05) is 47.7 Å². The Morgan fingerprint density at radius 1 is 1.04 bits per heavy atom. The first-order valence-corrected chi connectivity index (χ1v) is 9.96. The van der Waals surface area contributed by atoms with Crippen molar-refractivity contribution in [3.63, 3.8) is 0 Å². The molecule has 142 valence electrons. The van der Waals surface area contributed by atoms with Crippen molar-refractivity contribution in [1.29, 1.82) is 0 Å². The van der Waals surface area contributed by atoms with E-state index in [2.05, 4.69) is 15.1 Å². The summed E-state index contributed by atoms with van der Waals surface area (Å²) in [6.07, 6.45) is 0. The van der Waals surface area contributed by atoms with Gasteiger partial charge in [-0.25, -0.2) is 14.5 Å². The van der Waals surface area contributed by atoms with Crippen LogP contribution < -0.4 is 10.3 Å². The predicted molar refractivity (Wildman–Crippen MR) is 111 cm³/mol. The first kappa shape index (κ1) is 18.3. The molecule has 4 rings (SSSR count). The molecule has 2 aromatic heterocycles. The third-order valence-corrected chi connectivity index (χ3v) is 5.08. The lowest BCUT2D eigenvalue weighted by molar-refractivity contribution is 0.343. The van der Waals surface area contributed by atoms with E-state index in [1.165, 1.54) is 17.8 Å². The highest BCUT2D eigenvalue weighted by Gasteiger charge is 2.11. The summed E-state index contributed by atoms with van der Waals surface area (Å²) in [6.45, 7) is 4.60. The van der Waals surface area contributed by atoms with E-state index in [0.717, 1.165) is 22.4 Å². The molecule has 0 unspecified atom stereocenters. The molecule has 0 aliphatic carbocycles. The average molecular weight is 392 g/mol. The van der Waals surface area contributed by atoms with E-state index in [1.54, 1.807) is 4.52 Å². The standard InChI is InChI=1S/C21H20N4O2S/c1-14-5-3-7-16(11-14)20-22-18-13-19(26)24-25(18)21(23-20)28-10-9-27-17-8-4-6-15(2)12-17/h3-8,11-13H,9-10H2,1-2H3,(H,24,26). The van der Waals surface area contributed by atoms with Crippen LogP contribution in [0, 0.1) is 13.8 Å².